The van der Waals surface area contributed by atoms with Crippen LogP contribution in [0, 0.1) is 13.8 Å². The largest absolute Gasteiger partial charge is 0.310 e. The minimum Gasteiger partial charge on any atom is -0.310 e. The third-order valence-electron chi connectivity index (χ3n) is 7.57. The van der Waals surface area contributed by atoms with Crippen molar-refractivity contribution in [3.8, 4) is 5.95 Å². The molecule has 0 unspecified atom stereocenters. The zero-order chi connectivity index (χ0) is 25.3. The van der Waals surface area contributed by atoms with E-state index in [1.807, 2.05) is 12.3 Å². The lowest BCUT2D eigenvalue weighted by Gasteiger charge is -2.42. The first-order chi connectivity index (χ1) is 17.9. The highest BCUT2D eigenvalue weighted by Gasteiger charge is 2.37. The molecule has 37 heavy (non-hydrogen) atoms. The number of aromatic nitrogens is 5. The van der Waals surface area contributed by atoms with Gasteiger partial charge in [-0.1, -0.05) is 49.2 Å². The molecule has 6 aromatic rings. The van der Waals surface area contributed by atoms with Crippen molar-refractivity contribution >= 4 is 39.0 Å². The Kier molecular flexibility index (Phi) is 4.52. The maximum absolute atomic E-state index is 4.77. The van der Waals surface area contributed by atoms with Gasteiger partial charge >= 0.3 is 0 Å². The van der Waals surface area contributed by atoms with Crippen molar-refractivity contribution in [1.82, 2.24) is 24.5 Å². The van der Waals surface area contributed by atoms with E-state index in [-0.39, 0.29) is 5.41 Å². The molecule has 0 fully saturated rings. The van der Waals surface area contributed by atoms with Crippen molar-refractivity contribution in [3.05, 3.63) is 108 Å². The summed E-state index contributed by atoms with van der Waals surface area (Å²) in [5.74, 6) is 0.581. The molecule has 0 radical (unpaired) electrons. The third-order valence-corrected chi connectivity index (χ3v) is 7.57. The van der Waals surface area contributed by atoms with Crippen LogP contribution in [0.1, 0.15) is 36.1 Å². The van der Waals surface area contributed by atoms with Gasteiger partial charge in [0.1, 0.15) is 12.7 Å². The van der Waals surface area contributed by atoms with Crippen LogP contribution in [0.5, 0.6) is 0 Å². The van der Waals surface area contributed by atoms with Crippen molar-refractivity contribution in [3.63, 3.8) is 0 Å². The van der Waals surface area contributed by atoms with E-state index in [1.54, 1.807) is 0 Å². The lowest BCUT2D eigenvalue weighted by Crippen LogP contribution is -2.30. The Morgan fingerprint density at radius 1 is 0.703 bits per heavy atom. The van der Waals surface area contributed by atoms with Gasteiger partial charge in [0.05, 0.1) is 27.9 Å². The van der Waals surface area contributed by atoms with E-state index in [1.165, 1.54) is 46.3 Å². The zero-order valence-electron chi connectivity index (χ0n) is 21.3. The van der Waals surface area contributed by atoms with Gasteiger partial charge in [-0.2, -0.15) is 0 Å². The Hall–Kier alpha value is -4.58. The van der Waals surface area contributed by atoms with Gasteiger partial charge in [-0.05, 0) is 67.4 Å². The van der Waals surface area contributed by atoms with Crippen molar-refractivity contribution in [2.45, 2.75) is 33.1 Å². The summed E-state index contributed by atoms with van der Waals surface area (Å²) >= 11 is 0. The van der Waals surface area contributed by atoms with Gasteiger partial charge < -0.3 is 4.90 Å². The van der Waals surface area contributed by atoms with Crippen LogP contribution in [0.25, 0.3) is 27.9 Å². The molecule has 3 aromatic carbocycles. The van der Waals surface area contributed by atoms with Gasteiger partial charge in [-0.15, -0.1) is 0 Å². The Bertz CT molecular complexity index is 1780. The molecule has 4 heterocycles. The van der Waals surface area contributed by atoms with Crippen LogP contribution in [0.3, 0.4) is 0 Å². The number of fused-ring (bicyclic) bond motifs is 5. The highest BCUT2D eigenvalue weighted by molar-refractivity contribution is 6.08. The van der Waals surface area contributed by atoms with E-state index in [4.69, 9.17) is 4.98 Å². The van der Waals surface area contributed by atoms with Crippen LogP contribution in [-0.2, 0) is 5.41 Å². The molecule has 1 aliphatic rings. The average Bonchev–Trinajstić information content (AvgIpc) is 3.24. The first-order valence-corrected chi connectivity index (χ1v) is 12.5. The summed E-state index contributed by atoms with van der Waals surface area (Å²) < 4.78 is 2.05. The summed E-state index contributed by atoms with van der Waals surface area (Å²) in [6, 6.07) is 24.2. The van der Waals surface area contributed by atoms with Gasteiger partial charge in [0.2, 0.25) is 5.95 Å². The molecule has 0 amide bonds. The predicted octanol–water partition coefficient (Wildman–Crippen LogP) is 7.09. The number of pyridine rings is 1. The molecular weight excluding hydrogens is 456 g/mol. The number of anilines is 3. The van der Waals surface area contributed by atoms with E-state index in [2.05, 4.69) is 113 Å². The Morgan fingerprint density at radius 3 is 2.05 bits per heavy atom. The number of hydrogen-bond acceptors (Lipinski definition) is 5. The molecule has 6 nitrogen and oxygen atoms in total. The molecule has 0 saturated heterocycles. The minimum absolute atomic E-state index is 0.112. The molecule has 0 aliphatic carbocycles. The highest BCUT2D eigenvalue weighted by Crippen LogP contribution is 2.52. The van der Waals surface area contributed by atoms with Gasteiger partial charge in [0, 0.05) is 22.7 Å². The van der Waals surface area contributed by atoms with E-state index in [9.17, 15) is 0 Å². The van der Waals surface area contributed by atoms with E-state index >= 15 is 0 Å². The summed E-state index contributed by atoms with van der Waals surface area (Å²) in [6.07, 6.45) is 4.89. The SMILES string of the molecule is Cc1ccc2c(c1)C(C)(C)c1cc(C)ccc1N2c1ccc2c(c1)c1ncccc1n2-c1ncncn1. The minimum atomic E-state index is -0.112. The lowest BCUT2D eigenvalue weighted by molar-refractivity contribution is 0.630. The standard InChI is InChI=1S/C31H26N6/c1-19-7-10-26-23(14-19)31(3,4)24-15-20(2)8-11-27(24)36(26)21-9-12-25-22(16-21)29-28(6-5-13-33-29)37(25)30-34-17-32-18-35-30/h5-18H,1-4H3. The summed E-state index contributed by atoms with van der Waals surface area (Å²) in [5.41, 5.74) is 11.5. The molecule has 0 saturated carbocycles. The van der Waals surface area contributed by atoms with Crippen LogP contribution in [0.2, 0.25) is 0 Å². The summed E-state index contributed by atoms with van der Waals surface area (Å²) in [4.78, 5) is 20.0. The van der Waals surface area contributed by atoms with Crippen LogP contribution >= 0.6 is 0 Å². The monoisotopic (exact) mass is 482 g/mol. The maximum atomic E-state index is 4.77. The number of benzene rings is 3. The molecule has 0 spiro atoms. The second-order valence-corrected chi connectivity index (χ2v) is 10.3. The second kappa shape index (κ2) is 7.71. The van der Waals surface area contributed by atoms with Crippen molar-refractivity contribution in [2.24, 2.45) is 0 Å². The molecule has 0 atom stereocenters. The molecule has 7 rings (SSSR count). The summed E-state index contributed by atoms with van der Waals surface area (Å²) in [5, 5.41) is 1.06. The van der Waals surface area contributed by atoms with Crippen LogP contribution in [-0.4, -0.2) is 24.5 Å². The first-order valence-electron chi connectivity index (χ1n) is 12.5. The van der Waals surface area contributed by atoms with E-state index in [0.717, 1.165) is 27.6 Å². The molecular formula is C31H26N6. The number of aryl methyl sites for hydroxylation is 2. The molecule has 180 valence electrons. The topological polar surface area (TPSA) is 59.7 Å². The van der Waals surface area contributed by atoms with Gasteiger partial charge in [-0.25, -0.2) is 15.0 Å². The fourth-order valence-electron chi connectivity index (χ4n) is 5.77. The van der Waals surface area contributed by atoms with Crippen LogP contribution in [0.15, 0.2) is 85.6 Å². The number of nitrogens with zero attached hydrogens (tertiary/aromatic N) is 6. The quantitative estimate of drug-likeness (QED) is 0.264. The van der Waals surface area contributed by atoms with Crippen LogP contribution in [0.4, 0.5) is 17.1 Å². The highest BCUT2D eigenvalue weighted by atomic mass is 15.2. The average molecular weight is 483 g/mol. The summed E-state index contributed by atoms with van der Waals surface area (Å²) in [6.45, 7) is 8.99. The lowest BCUT2D eigenvalue weighted by atomic mass is 9.72. The third kappa shape index (κ3) is 3.12. The molecule has 3 aromatic heterocycles. The second-order valence-electron chi connectivity index (χ2n) is 10.3. The smallest absolute Gasteiger partial charge is 0.237 e. The molecule has 1 aliphatic heterocycles. The predicted molar refractivity (Wildman–Crippen MR) is 148 cm³/mol. The zero-order valence-corrected chi connectivity index (χ0v) is 21.3. The van der Waals surface area contributed by atoms with Gasteiger partial charge in [0.25, 0.3) is 0 Å². The Morgan fingerprint density at radius 2 is 1.38 bits per heavy atom. The van der Waals surface area contributed by atoms with E-state index < -0.39 is 0 Å². The summed E-state index contributed by atoms with van der Waals surface area (Å²) in [7, 11) is 0. The van der Waals surface area contributed by atoms with Crippen molar-refractivity contribution in [1.29, 1.82) is 0 Å². The van der Waals surface area contributed by atoms with Gasteiger partial charge in [0.15, 0.2) is 0 Å². The molecule has 6 heteroatoms. The normalized spacial score (nSPS) is 14.1. The number of hydrogen-bond donors (Lipinski definition) is 0. The number of rotatable bonds is 2. The van der Waals surface area contributed by atoms with E-state index in [0.29, 0.717) is 5.95 Å². The van der Waals surface area contributed by atoms with Crippen molar-refractivity contribution < 1.29 is 0 Å². The molecule has 0 bridgehead atoms. The van der Waals surface area contributed by atoms with Gasteiger partial charge in [-0.3, -0.25) is 9.55 Å². The maximum Gasteiger partial charge on any atom is 0.237 e. The Balaban J connectivity index is 1.53. The first kappa shape index (κ1) is 21.7. The fourth-order valence-corrected chi connectivity index (χ4v) is 5.77. The Labute approximate surface area is 215 Å². The fraction of sp³-hybridized carbons (Fsp3) is 0.161. The van der Waals surface area contributed by atoms with Crippen LogP contribution < -0.4 is 4.90 Å². The molecule has 0 N–H and O–H groups in total. The van der Waals surface area contributed by atoms with Crippen molar-refractivity contribution in [2.75, 3.05) is 4.90 Å².